The van der Waals surface area contributed by atoms with Gasteiger partial charge in [-0.3, -0.25) is 4.79 Å². The summed E-state index contributed by atoms with van der Waals surface area (Å²) in [7, 11) is 0. The van der Waals surface area contributed by atoms with Crippen molar-refractivity contribution in [2.24, 2.45) is 5.41 Å². The van der Waals surface area contributed by atoms with Crippen LogP contribution in [-0.2, 0) is 4.79 Å². The molecular formula is C10H18O2. The Morgan fingerprint density at radius 3 is 2.17 bits per heavy atom. The molecule has 1 aliphatic rings. The molecule has 1 saturated carbocycles. The van der Waals surface area contributed by atoms with E-state index in [1.807, 2.05) is 20.8 Å². The summed E-state index contributed by atoms with van der Waals surface area (Å²) >= 11 is 0. The van der Waals surface area contributed by atoms with Crippen LogP contribution in [-0.4, -0.2) is 16.5 Å². The van der Waals surface area contributed by atoms with Crippen molar-refractivity contribution in [2.75, 3.05) is 0 Å². The highest BCUT2D eigenvalue weighted by molar-refractivity contribution is 5.88. The lowest BCUT2D eigenvalue weighted by Crippen LogP contribution is -2.46. The standard InChI is InChI=1S/C10H18O2/c1-9(2,3)7-8(11)10(12)5-4-6-10/h12H,4-7H2,1-3H3. The fourth-order valence-electron chi connectivity index (χ4n) is 1.44. The van der Waals surface area contributed by atoms with E-state index in [0.717, 1.165) is 6.42 Å². The maximum Gasteiger partial charge on any atom is 0.164 e. The number of rotatable bonds is 2. The van der Waals surface area contributed by atoms with Gasteiger partial charge in [0.25, 0.3) is 0 Å². The van der Waals surface area contributed by atoms with Gasteiger partial charge in [-0.15, -0.1) is 0 Å². The molecule has 70 valence electrons. The highest BCUT2D eigenvalue weighted by atomic mass is 16.3. The van der Waals surface area contributed by atoms with E-state index in [4.69, 9.17) is 0 Å². The van der Waals surface area contributed by atoms with E-state index in [1.165, 1.54) is 0 Å². The first kappa shape index (κ1) is 9.72. The molecule has 0 saturated heterocycles. The number of ketones is 1. The molecule has 0 unspecified atom stereocenters. The Labute approximate surface area is 74.0 Å². The third-order valence-corrected chi connectivity index (χ3v) is 2.39. The number of hydrogen-bond acceptors (Lipinski definition) is 2. The highest BCUT2D eigenvalue weighted by Gasteiger charge is 2.42. The lowest BCUT2D eigenvalue weighted by Gasteiger charge is -2.36. The minimum Gasteiger partial charge on any atom is -0.382 e. The Morgan fingerprint density at radius 2 is 1.92 bits per heavy atom. The van der Waals surface area contributed by atoms with Gasteiger partial charge < -0.3 is 5.11 Å². The SMILES string of the molecule is CC(C)(C)CC(=O)C1(O)CCC1. The van der Waals surface area contributed by atoms with Crippen molar-refractivity contribution >= 4 is 5.78 Å². The first-order valence-corrected chi connectivity index (χ1v) is 4.59. The Balaban J connectivity index is 2.49. The maximum atomic E-state index is 11.5. The summed E-state index contributed by atoms with van der Waals surface area (Å²) in [5, 5.41) is 9.69. The maximum absolute atomic E-state index is 11.5. The number of aliphatic hydroxyl groups is 1. The second kappa shape index (κ2) is 2.84. The fraction of sp³-hybridized carbons (Fsp3) is 0.900. The van der Waals surface area contributed by atoms with Crippen LogP contribution < -0.4 is 0 Å². The average molecular weight is 170 g/mol. The van der Waals surface area contributed by atoms with Gasteiger partial charge in [0.05, 0.1) is 0 Å². The molecule has 0 bridgehead atoms. The first-order chi connectivity index (χ1) is 5.33. The van der Waals surface area contributed by atoms with Crippen molar-refractivity contribution in [1.29, 1.82) is 0 Å². The summed E-state index contributed by atoms with van der Waals surface area (Å²) in [5.74, 6) is 0.0289. The topological polar surface area (TPSA) is 37.3 Å². The van der Waals surface area contributed by atoms with Gasteiger partial charge in [0.15, 0.2) is 5.78 Å². The van der Waals surface area contributed by atoms with Gasteiger partial charge in [-0.1, -0.05) is 20.8 Å². The molecule has 2 heteroatoms. The number of carbonyl (C=O) groups is 1. The van der Waals surface area contributed by atoms with Crippen LogP contribution in [0.3, 0.4) is 0 Å². The average Bonchev–Trinajstić information content (AvgIpc) is 1.78. The Hall–Kier alpha value is -0.370. The van der Waals surface area contributed by atoms with Crippen LogP contribution in [0.4, 0.5) is 0 Å². The van der Waals surface area contributed by atoms with Crippen LogP contribution in [0.25, 0.3) is 0 Å². The fourth-order valence-corrected chi connectivity index (χ4v) is 1.44. The van der Waals surface area contributed by atoms with Crippen LogP contribution >= 0.6 is 0 Å². The number of hydrogen-bond donors (Lipinski definition) is 1. The zero-order chi connectivity index (χ0) is 9.41. The van der Waals surface area contributed by atoms with Crippen LogP contribution in [0.1, 0.15) is 46.5 Å². The van der Waals surface area contributed by atoms with Crippen LogP contribution in [0.15, 0.2) is 0 Å². The quantitative estimate of drug-likeness (QED) is 0.687. The van der Waals surface area contributed by atoms with Gasteiger partial charge in [0.2, 0.25) is 0 Å². The lowest BCUT2D eigenvalue weighted by atomic mass is 9.73. The first-order valence-electron chi connectivity index (χ1n) is 4.59. The summed E-state index contributed by atoms with van der Waals surface area (Å²) in [6, 6.07) is 0. The molecule has 1 fully saturated rings. The van der Waals surface area contributed by atoms with Gasteiger partial charge in [-0.25, -0.2) is 0 Å². The molecule has 0 aromatic rings. The van der Waals surface area contributed by atoms with Crippen LogP contribution in [0.2, 0.25) is 0 Å². The van der Waals surface area contributed by atoms with Crippen molar-refractivity contribution in [3.05, 3.63) is 0 Å². The molecule has 1 aliphatic carbocycles. The summed E-state index contributed by atoms with van der Waals surface area (Å²) in [6.45, 7) is 6.06. The molecule has 0 aromatic heterocycles. The summed E-state index contributed by atoms with van der Waals surface area (Å²) in [6.07, 6.45) is 2.82. The molecule has 0 amide bonds. The predicted octanol–water partition coefficient (Wildman–Crippen LogP) is 1.91. The van der Waals surface area contributed by atoms with E-state index in [2.05, 4.69) is 0 Å². The van der Waals surface area contributed by atoms with E-state index in [1.54, 1.807) is 0 Å². The molecular weight excluding hydrogens is 152 g/mol. The van der Waals surface area contributed by atoms with Crippen molar-refractivity contribution in [1.82, 2.24) is 0 Å². The minimum absolute atomic E-state index is 0.00238. The second-order valence-corrected chi connectivity index (χ2v) is 5.05. The van der Waals surface area contributed by atoms with Crippen LogP contribution in [0.5, 0.6) is 0 Å². The van der Waals surface area contributed by atoms with E-state index >= 15 is 0 Å². The zero-order valence-corrected chi connectivity index (χ0v) is 8.18. The van der Waals surface area contributed by atoms with E-state index < -0.39 is 5.60 Å². The summed E-state index contributed by atoms with van der Waals surface area (Å²) in [4.78, 5) is 11.5. The molecule has 0 heterocycles. The third-order valence-electron chi connectivity index (χ3n) is 2.39. The molecule has 0 spiro atoms. The Kier molecular flexibility index (Phi) is 2.30. The molecule has 0 aliphatic heterocycles. The van der Waals surface area contributed by atoms with Crippen molar-refractivity contribution in [3.8, 4) is 0 Å². The normalized spacial score (nSPS) is 21.7. The van der Waals surface area contributed by atoms with Crippen molar-refractivity contribution < 1.29 is 9.90 Å². The molecule has 1 N–H and O–H groups in total. The zero-order valence-electron chi connectivity index (χ0n) is 8.18. The Morgan fingerprint density at radius 1 is 1.42 bits per heavy atom. The smallest absolute Gasteiger partial charge is 0.164 e. The predicted molar refractivity (Wildman–Crippen MR) is 47.9 cm³/mol. The summed E-state index contributed by atoms with van der Waals surface area (Å²) < 4.78 is 0. The third kappa shape index (κ3) is 2.07. The number of carbonyl (C=O) groups excluding carboxylic acids is 1. The molecule has 0 atom stereocenters. The van der Waals surface area contributed by atoms with E-state index in [0.29, 0.717) is 19.3 Å². The van der Waals surface area contributed by atoms with Gasteiger partial charge in [-0.05, 0) is 24.7 Å². The van der Waals surface area contributed by atoms with Gasteiger partial charge in [0, 0.05) is 6.42 Å². The van der Waals surface area contributed by atoms with E-state index in [9.17, 15) is 9.90 Å². The van der Waals surface area contributed by atoms with Gasteiger partial charge in [-0.2, -0.15) is 0 Å². The summed E-state index contributed by atoms with van der Waals surface area (Å²) in [5.41, 5.74) is -0.949. The number of Topliss-reactive ketones (excluding diaryl/α,β-unsaturated/α-hetero) is 1. The van der Waals surface area contributed by atoms with Crippen molar-refractivity contribution in [2.45, 2.75) is 52.1 Å². The van der Waals surface area contributed by atoms with Crippen LogP contribution in [0, 0.1) is 5.41 Å². The molecule has 1 rings (SSSR count). The molecule has 0 aromatic carbocycles. The monoisotopic (exact) mass is 170 g/mol. The van der Waals surface area contributed by atoms with Crippen molar-refractivity contribution in [3.63, 3.8) is 0 Å². The van der Waals surface area contributed by atoms with Gasteiger partial charge in [0.1, 0.15) is 5.60 Å². The van der Waals surface area contributed by atoms with Gasteiger partial charge >= 0.3 is 0 Å². The molecule has 12 heavy (non-hydrogen) atoms. The minimum atomic E-state index is -0.951. The van der Waals surface area contributed by atoms with E-state index in [-0.39, 0.29) is 11.2 Å². The largest absolute Gasteiger partial charge is 0.382 e. The molecule has 2 nitrogen and oxygen atoms in total. The lowest BCUT2D eigenvalue weighted by molar-refractivity contribution is -0.147. The highest BCUT2D eigenvalue weighted by Crippen LogP contribution is 2.35. The second-order valence-electron chi connectivity index (χ2n) is 5.05. The molecule has 0 radical (unpaired) electrons. The Bertz CT molecular complexity index is 185.